The van der Waals surface area contributed by atoms with E-state index in [-0.39, 0.29) is 12.0 Å². The zero-order valence-electron chi connectivity index (χ0n) is 16.8. The number of hydrogen-bond acceptors (Lipinski definition) is 7. The topological polar surface area (TPSA) is 68.7 Å². The molecule has 30 heavy (non-hydrogen) atoms. The molecule has 1 amide bonds. The van der Waals surface area contributed by atoms with Crippen LogP contribution >= 0.6 is 23.1 Å². The van der Waals surface area contributed by atoms with Crippen molar-refractivity contribution in [1.82, 2.24) is 4.98 Å². The number of methoxy groups -OCH3 is 1. The number of carbonyl (C=O) groups is 2. The molecule has 0 radical (unpaired) electrons. The Morgan fingerprint density at radius 1 is 1.23 bits per heavy atom. The molecule has 4 rings (SSSR count). The predicted octanol–water partition coefficient (Wildman–Crippen LogP) is 4.63. The minimum atomic E-state index is -0.430. The van der Waals surface area contributed by atoms with Crippen LogP contribution in [0.2, 0.25) is 0 Å². The van der Waals surface area contributed by atoms with E-state index >= 15 is 0 Å². The molecule has 1 aliphatic heterocycles. The van der Waals surface area contributed by atoms with Crippen LogP contribution < -0.4 is 4.90 Å². The second kappa shape index (κ2) is 9.16. The van der Waals surface area contributed by atoms with Gasteiger partial charge in [0.1, 0.15) is 0 Å². The van der Waals surface area contributed by atoms with Gasteiger partial charge in [0, 0.05) is 17.1 Å². The number of amides is 1. The first-order chi connectivity index (χ1) is 14.6. The van der Waals surface area contributed by atoms with Gasteiger partial charge in [-0.2, -0.15) is 0 Å². The number of esters is 1. The van der Waals surface area contributed by atoms with Crippen molar-refractivity contribution in [1.29, 1.82) is 0 Å². The van der Waals surface area contributed by atoms with Gasteiger partial charge in [0.2, 0.25) is 0 Å². The van der Waals surface area contributed by atoms with Crippen LogP contribution in [0.15, 0.2) is 47.4 Å². The molecule has 1 atom stereocenters. The summed E-state index contributed by atoms with van der Waals surface area (Å²) in [6, 6.07) is 12.6. The third kappa shape index (κ3) is 4.35. The predicted molar refractivity (Wildman–Crippen MR) is 120 cm³/mol. The maximum Gasteiger partial charge on any atom is 0.337 e. The minimum absolute atomic E-state index is 0.00272. The summed E-state index contributed by atoms with van der Waals surface area (Å²) in [7, 11) is 1.33. The number of anilines is 1. The van der Waals surface area contributed by atoms with Crippen molar-refractivity contribution in [2.24, 2.45) is 0 Å². The van der Waals surface area contributed by atoms with E-state index in [0.717, 1.165) is 34.6 Å². The largest absolute Gasteiger partial charge is 0.465 e. The highest BCUT2D eigenvalue weighted by Gasteiger charge is 2.27. The van der Waals surface area contributed by atoms with Crippen LogP contribution in [0.4, 0.5) is 5.13 Å². The van der Waals surface area contributed by atoms with Gasteiger partial charge in [-0.25, -0.2) is 9.78 Å². The molecule has 2 aromatic carbocycles. The number of rotatable bonds is 6. The van der Waals surface area contributed by atoms with Gasteiger partial charge in [-0.1, -0.05) is 11.3 Å². The number of thiazole rings is 1. The summed E-state index contributed by atoms with van der Waals surface area (Å²) in [6.45, 7) is 1.17. The van der Waals surface area contributed by atoms with Gasteiger partial charge < -0.3 is 9.47 Å². The number of hydrogen-bond donors (Lipinski definition) is 0. The van der Waals surface area contributed by atoms with E-state index in [0.29, 0.717) is 22.8 Å². The summed E-state index contributed by atoms with van der Waals surface area (Å²) in [5.74, 6) is -0.591. The monoisotopic (exact) mass is 442 g/mol. The molecule has 0 aliphatic carbocycles. The van der Waals surface area contributed by atoms with Crippen molar-refractivity contribution >= 4 is 50.3 Å². The summed E-state index contributed by atoms with van der Waals surface area (Å²) in [4.78, 5) is 32.7. The highest BCUT2D eigenvalue weighted by atomic mass is 32.2. The first-order valence-corrected chi connectivity index (χ1v) is 11.7. The summed E-state index contributed by atoms with van der Waals surface area (Å²) in [5.41, 5.74) is 1.77. The lowest BCUT2D eigenvalue weighted by Crippen LogP contribution is -2.37. The lowest BCUT2D eigenvalue weighted by Gasteiger charge is -2.23. The quantitative estimate of drug-likeness (QED) is 0.410. The average Bonchev–Trinajstić information content (AvgIpc) is 3.45. The number of fused-ring (bicyclic) bond motifs is 1. The first kappa shape index (κ1) is 20.8. The second-order valence-corrected chi connectivity index (χ2v) is 8.84. The average molecular weight is 443 g/mol. The zero-order valence-corrected chi connectivity index (χ0v) is 18.4. The number of ether oxygens (including phenoxy) is 2. The van der Waals surface area contributed by atoms with E-state index < -0.39 is 5.97 Å². The Hall–Kier alpha value is -2.42. The third-order valence-electron chi connectivity index (χ3n) is 5.02. The molecule has 1 aliphatic rings. The number of aromatic nitrogens is 1. The standard InChI is InChI=1S/C22H22N2O4S2/c1-27-21(26)15-7-5-14(6-8-15)20(25)24(13-16-4-3-11-28-16)22-23-18-10-9-17(29-2)12-19(18)30-22/h5-10,12,16H,3-4,11,13H2,1-2H3. The molecule has 0 bridgehead atoms. The Morgan fingerprint density at radius 2 is 2.00 bits per heavy atom. The summed E-state index contributed by atoms with van der Waals surface area (Å²) < 4.78 is 11.6. The summed E-state index contributed by atoms with van der Waals surface area (Å²) >= 11 is 3.18. The van der Waals surface area contributed by atoms with Crippen LogP contribution in [0, 0.1) is 0 Å². The molecule has 1 unspecified atom stereocenters. The maximum atomic E-state index is 13.4. The highest BCUT2D eigenvalue weighted by Crippen LogP contribution is 2.33. The lowest BCUT2D eigenvalue weighted by atomic mass is 10.1. The van der Waals surface area contributed by atoms with Gasteiger partial charge >= 0.3 is 5.97 Å². The van der Waals surface area contributed by atoms with Crippen LogP contribution in [-0.4, -0.2) is 49.5 Å². The van der Waals surface area contributed by atoms with Crippen LogP contribution in [0.5, 0.6) is 0 Å². The molecule has 8 heteroatoms. The molecule has 0 N–H and O–H groups in total. The van der Waals surface area contributed by atoms with Gasteiger partial charge in [-0.05, 0) is 61.6 Å². The number of benzene rings is 2. The molecule has 0 spiro atoms. The lowest BCUT2D eigenvalue weighted by molar-refractivity contribution is 0.0600. The van der Waals surface area contributed by atoms with Gasteiger partial charge in [0.05, 0.1) is 35.5 Å². The Kier molecular flexibility index (Phi) is 6.36. The van der Waals surface area contributed by atoms with Crippen molar-refractivity contribution in [3.63, 3.8) is 0 Å². The molecule has 156 valence electrons. The number of nitrogens with zero attached hydrogens (tertiary/aromatic N) is 2. The van der Waals surface area contributed by atoms with Crippen LogP contribution in [0.25, 0.3) is 10.2 Å². The van der Waals surface area contributed by atoms with Gasteiger partial charge in [0.15, 0.2) is 5.13 Å². The SMILES string of the molecule is COC(=O)c1ccc(C(=O)N(CC2CCCO2)c2nc3ccc(SC)cc3s2)cc1. The molecule has 1 fully saturated rings. The zero-order chi connectivity index (χ0) is 21.1. The van der Waals surface area contributed by atoms with Crippen molar-refractivity contribution in [3.8, 4) is 0 Å². The molecule has 1 aromatic heterocycles. The van der Waals surface area contributed by atoms with Crippen LogP contribution in [0.3, 0.4) is 0 Å². The van der Waals surface area contributed by atoms with E-state index in [2.05, 4.69) is 6.07 Å². The Labute approximate surface area is 183 Å². The molecule has 3 aromatic rings. The Morgan fingerprint density at radius 3 is 2.67 bits per heavy atom. The van der Waals surface area contributed by atoms with Crippen LogP contribution in [-0.2, 0) is 9.47 Å². The van der Waals surface area contributed by atoms with Crippen LogP contribution in [0.1, 0.15) is 33.6 Å². The fraction of sp³-hybridized carbons (Fsp3) is 0.318. The second-order valence-electron chi connectivity index (χ2n) is 6.95. The van der Waals surface area contributed by atoms with Gasteiger partial charge in [-0.15, -0.1) is 11.8 Å². The molecule has 2 heterocycles. The number of carbonyl (C=O) groups excluding carboxylic acids is 2. The van der Waals surface area contributed by atoms with E-state index in [4.69, 9.17) is 14.5 Å². The Bertz CT molecular complexity index is 1060. The fourth-order valence-corrected chi connectivity index (χ4v) is 4.92. The normalized spacial score (nSPS) is 16.0. The van der Waals surface area contributed by atoms with Gasteiger partial charge in [0.25, 0.3) is 5.91 Å². The van der Waals surface area contributed by atoms with E-state index in [1.165, 1.54) is 18.4 Å². The molecule has 1 saturated heterocycles. The van der Waals surface area contributed by atoms with E-state index in [1.54, 1.807) is 40.9 Å². The third-order valence-corrected chi connectivity index (χ3v) is 6.79. The van der Waals surface area contributed by atoms with Gasteiger partial charge in [-0.3, -0.25) is 9.69 Å². The van der Waals surface area contributed by atoms with Crippen molar-refractivity contribution in [2.75, 3.05) is 31.4 Å². The van der Waals surface area contributed by atoms with E-state index in [1.807, 2.05) is 18.4 Å². The fourth-order valence-electron chi connectivity index (χ4n) is 3.40. The molecular weight excluding hydrogens is 420 g/mol. The van der Waals surface area contributed by atoms with Crippen molar-refractivity contribution in [3.05, 3.63) is 53.6 Å². The first-order valence-electron chi connectivity index (χ1n) is 9.65. The van der Waals surface area contributed by atoms with Crippen molar-refractivity contribution < 1.29 is 19.1 Å². The molecule has 0 saturated carbocycles. The maximum absolute atomic E-state index is 13.4. The van der Waals surface area contributed by atoms with Crippen molar-refractivity contribution in [2.45, 2.75) is 23.8 Å². The number of thioether (sulfide) groups is 1. The summed E-state index contributed by atoms with van der Waals surface area (Å²) in [5, 5.41) is 0.654. The molecule has 6 nitrogen and oxygen atoms in total. The smallest absolute Gasteiger partial charge is 0.337 e. The highest BCUT2D eigenvalue weighted by molar-refractivity contribution is 7.98. The Balaban J connectivity index is 1.67. The van der Waals surface area contributed by atoms with E-state index in [9.17, 15) is 9.59 Å². The minimum Gasteiger partial charge on any atom is -0.465 e. The summed E-state index contributed by atoms with van der Waals surface area (Å²) in [6.07, 6.45) is 3.95. The molecular formula is C22H22N2O4S2.